The van der Waals surface area contributed by atoms with Gasteiger partial charge in [0.05, 0.1) is 16.1 Å². The van der Waals surface area contributed by atoms with Gasteiger partial charge in [-0.15, -0.1) is 0 Å². The third kappa shape index (κ3) is 4.46. The van der Waals surface area contributed by atoms with Crippen LogP contribution in [0.25, 0.3) is 0 Å². The number of nitrogens with zero attached hydrogens (tertiary/aromatic N) is 2. The molecule has 0 fully saturated rings. The van der Waals surface area contributed by atoms with Crippen LogP contribution in [0.2, 0.25) is 10.0 Å². The number of aromatic nitrogens is 2. The number of carbonyl (C=O) groups is 1. The van der Waals surface area contributed by atoms with Gasteiger partial charge in [-0.3, -0.25) is 4.79 Å². The summed E-state index contributed by atoms with van der Waals surface area (Å²) in [6.45, 7) is 0.606. The Morgan fingerprint density at radius 2 is 1.97 bits per heavy atom. The van der Waals surface area contributed by atoms with Crippen molar-refractivity contribution in [3.8, 4) is 0 Å². The zero-order valence-corrected chi connectivity index (χ0v) is 18.2. The number of aryl methyl sites for hydroxylation is 2. The fourth-order valence-corrected chi connectivity index (χ4v) is 4.46. The number of hydrogen-bond donors (Lipinski definition) is 1. The maximum Gasteiger partial charge on any atom is 0.228 e. The number of benzene rings is 2. The Hall–Kier alpha value is -2.14. The van der Waals surface area contributed by atoms with E-state index in [1.54, 1.807) is 24.4 Å². The molecule has 0 unspecified atom stereocenters. The number of aliphatic hydroxyl groups excluding tert-OH is 1. The Balaban J connectivity index is 1.44. The lowest BCUT2D eigenvalue weighted by molar-refractivity contribution is 0.102. The van der Waals surface area contributed by atoms with Gasteiger partial charge in [-0.05, 0) is 67.3 Å². The zero-order valence-electron chi connectivity index (χ0n) is 16.7. The van der Waals surface area contributed by atoms with Gasteiger partial charge < -0.3 is 9.67 Å². The fraction of sp³-hybridized carbons (Fsp3) is 0.333. The average molecular weight is 443 g/mol. The highest BCUT2D eigenvalue weighted by Crippen LogP contribution is 2.28. The van der Waals surface area contributed by atoms with Gasteiger partial charge in [-0.1, -0.05) is 47.5 Å². The summed E-state index contributed by atoms with van der Waals surface area (Å²) >= 11 is 12.0. The molecule has 2 aromatic carbocycles. The number of rotatable bonds is 7. The molecule has 30 heavy (non-hydrogen) atoms. The summed E-state index contributed by atoms with van der Waals surface area (Å²) in [7, 11) is 0. The molecule has 0 bridgehead atoms. The minimum atomic E-state index is -0.636. The lowest BCUT2D eigenvalue weighted by Gasteiger charge is -2.19. The molecule has 0 radical (unpaired) electrons. The predicted octanol–water partition coefficient (Wildman–Crippen LogP) is 5.81. The standard InChI is InChI=1S/C24H24Cl2N2O2/c25-20-11-10-17(15-21(20)26)22(29)9-4-13-28-14-12-27-24(28)23(30)19-8-3-6-16-5-1-2-7-18(16)19/h3,6,8,10-12,14-15,22,29H,1-2,4-5,7,9,13H2/t22-/m0/s1. The first kappa shape index (κ1) is 21.1. The molecule has 3 aromatic rings. The molecule has 1 aliphatic carbocycles. The van der Waals surface area contributed by atoms with Gasteiger partial charge in [0.2, 0.25) is 5.78 Å². The first-order valence-electron chi connectivity index (χ1n) is 10.3. The summed E-state index contributed by atoms with van der Waals surface area (Å²) in [6, 6.07) is 11.2. The summed E-state index contributed by atoms with van der Waals surface area (Å²) in [5.41, 5.74) is 3.98. The third-order valence-corrected chi connectivity index (χ3v) is 6.50. The molecule has 0 aliphatic heterocycles. The van der Waals surface area contributed by atoms with Crippen molar-refractivity contribution in [2.75, 3.05) is 0 Å². The van der Waals surface area contributed by atoms with Crippen molar-refractivity contribution in [3.05, 3.63) is 86.9 Å². The Bertz CT molecular complexity index is 1060. The molecule has 1 atom stereocenters. The van der Waals surface area contributed by atoms with E-state index in [2.05, 4.69) is 11.1 Å². The average Bonchev–Trinajstić information content (AvgIpc) is 3.23. The number of ketones is 1. The van der Waals surface area contributed by atoms with Crippen LogP contribution < -0.4 is 0 Å². The number of carbonyl (C=O) groups excluding carboxylic acids is 1. The van der Waals surface area contributed by atoms with E-state index in [0.717, 1.165) is 30.4 Å². The van der Waals surface area contributed by atoms with Crippen molar-refractivity contribution in [2.45, 2.75) is 51.2 Å². The smallest absolute Gasteiger partial charge is 0.228 e. The molecule has 0 saturated carbocycles. The van der Waals surface area contributed by atoms with E-state index in [4.69, 9.17) is 23.2 Å². The van der Waals surface area contributed by atoms with Crippen LogP contribution in [-0.2, 0) is 19.4 Å². The zero-order chi connectivity index (χ0) is 21.1. The monoisotopic (exact) mass is 442 g/mol. The molecule has 1 N–H and O–H groups in total. The van der Waals surface area contributed by atoms with Crippen LogP contribution in [-0.4, -0.2) is 20.4 Å². The van der Waals surface area contributed by atoms with Gasteiger partial charge in [0.15, 0.2) is 5.82 Å². The van der Waals surface area contributed by atoms with Crippen molar-refractivity contribution in [3.63, 3.8) is 0 Å². The summed E-state index contributed by atoms with van der Waals surface area (Å²) < 4.78 is 1.88. The van der Waals surface area contributed by atoms with E-state index in [1.807, 2.05) is 22.9 Å². The normalized spacial score (nSPS) is 14.4. The van der Waals surface area contributed by atoms with E-state index in [1.165, 1.54) is 17.5 Å². The van der Waals surface area contributed by atoms with E-state index in [9.17, 15) is 9.90 Å². The van der Waals surface area contributed by atoms with Gasteiger partial charge in [-0.25, -0.2) is 4.98 Å². The van der Waals surface area contributed by atoms with Gasteiger partial charge in [0.1, 0.15) is 0 Å². The molecule has 0 saturated heterocycles. The molecular formula is C24H24Cl2N2O2. The van der Waals surface area contributed by atoms with Crippen molar-refractivity contribution >= 4 is 29.0 Å². The topological polar surface area (TPSA) is 55.1 Å². The van der Waals surface area contributed by atoms with E-state index in [-0.39, 0.29) is 5.78 Å². The lowest BCUT2D eigenvalue weighted by atomic mass is 9.87. The van der Waals surface area contributed by atoms with Crippen LogP contribution in [0.1, 0.15) is 64.7 Å². The van der Waals surface area contributed by atoms with Gasteiger partial charge >= 0.3 is 0 Å². The number of fused-ring (bicyclic) bond motifs is 1. The van der Waals surface area contributed by atoms with Gasteiger partial charge in [-0.2, -0.15) is 0 Å². The van der Waals surface area contributed by atoms with E-state index >= 15 is 0 Å². The Labute approximate surface area is 186 Å². The van der Waals surface area contributed by atoms with Crippen molar-refractivity contribution in [1.29, 1.82) is 0 Å². The minimum absolute atomic E-state index is 0.0243. The maximum absolute atomic E-state index is 13.2. The van der Waals surface area contributed by atoms with Crippen LogP contribution in [0, 0.1) is 0 Å². The second-order valence-electron chi connectivity index (χ2n) is 7.76. The molecule has 6 heteroatoms. The van der Waals surface area contributed by atoms with E-state index in [0.29, 0.717) is 35.3 Å². The summed E-state index contributed by atoms with van der Waals surface area (Å²) in [4.78, 5) is 17.6. The Morgan fingerprint density at radius 1 is 1.13 bits per heavy atom. The SMILES string of the molecule is O=C(c1cccc2c1CCCC2)c1nccn1CCC[C@H](O)c1ccc(Cl)c(Cl)c1. The molecule has 4 rings (SSSR count). The summed E-state index contributed by atoms with van der Waals surface area (Å²) in [5, 5.41) is 11.4. The highest BCUT2D eigenvalue weighted by molar-refractivity contribution is 6.42. The lowest BCUT2D eigenvalue weighted by Crippen LogP contribution is -2.16. The molecule has 1 aromatic heterocycles. The second-order valence-corrected chi connectivity index (χ2v) is 8.57. The molecular weight excluding hydrogens is 419 g/mol. The van der Waals surface area contributed by atoms with Crippen molar-refractivity contribution in [1.82, 2.24) is 9.55 Å². The molecule has 1 aliphatic rings. The highest BCUT2D eigenvalue weighted by atomic mass is 35.5. The van der Waals surface area contributed by atoms with Crippen LogP contribution in [0.4, 0.5) is 0 Å². The Kier molecular flexibility index (Phi) is 6.57. The number of imidazole rings is 1. The maximum atomic E-state index is 13.2. The Morgan fingerprint density at radius 3 is 2.80 bits per heavy atom. The fourth-order valence-electron chi connectivity index (χ4n) is 4.15. The minimum Gasteiger partial charge on any atom is -0.388 e. The van der Waals surface area contributed by atoms with Crippen LogP contribution in [0.15, 0.2) is 48.8 Å². The van der Waals surface area contributed by atoms with E-state index < -0.39 is 6.10 Å². The first-order valence-corrected chi connectivity index (χ1v) is 11.1. The summed E-state index contributed by atoms with van der Waals surface area (Å²) in [6.07, 6.45) is 8.40. The van der Waals surface area contributed by atoms with Gasteiger partial charge in [0, 0.05) is 24.5 Å². The van der Waals surface area contributed by atoms with Crippen LogP contribution in [0.5, 0.6) is 0 Å². The van der Waals surface area contributed by atoms with Crippen LogP contribution in [0.3, 0.4) is 0 Å². The number of hydrogen-bond acceptors (Lipinski definition) is 3. The van der Waals surface area contributed by atoms with Crippen LogP contribution >= 0.6 is 23.2 Å². The quantitative estimate of drug-likeness (QED) is 0.469. The molecule has 4 nitrogen and oxygen atoms in total. The first-order chi connectivity index (χ1) is 14.5. The number of halogens is 2. The highest BCUT2D eigenvalue weighted by Gasteiger charge is 2.22. The number of aliphatic hydroxyl groups is 1. The predicted molar refractivity (Wildman–Crippen MR) is 119 cm³/mol. The third-order valence-electron chi connectivity index (χ3n) is 5.76. The molecule has 1 heterocycles. The largest absolute Gasteiger partial charge is 0.388 e. The molecule has 0 spiro atoms. The summed E-state index contributed by atoms with van der Waals surface area (Å²) in [5.74, 6) is 0.432. The molecule has 156 valence electrons. The van der Waals surface area contributed by atoms with Gasteiger partial charge in [0.25, 0.3) is 0 Å². The molecule has 0 amide bonds. The second kappa shape index (κ2) is 9.34. The van der Waals surface area contributed by atoms with Crippen molar-refractivity contribution < 1.29 is 9.90 Å². The van der Waals surface area contributed by atoms with Crippen molar-refractivity contribution in [2.24, 2.45) is 0 Å².